The van der Waals surface area contributed by atoms with Crippen LogP contribution in [0.4, 0.5) is 0 Å². The number of ether oxygens (including phenoxy) is 1. The van der Waals surface area contributed by atoms with Crippen molar-refractivity contribution in [3.63, 3.8) is 0 Å². The van der Waals surface area contributed by atoms with Gasteiger partial charge in [-0.3, -0.25) is 0 Å². The van der Waals surface area contributed by atoms with E-state index in [0.717, 1.165) is 16.9 Å². The van der Waals surface area contributed by atoms with E-state index in [1.165, 1.54) is 4.31 Å². The Kier molecular flexibility index (Phi) is 5.44. The maximum absolute atomic E-state index is 12.7. The summed E-state index contributed by atoms with van der Waals surface area (Å²) in [5.74, 6) is 1.09. The van der Waals surface area contributed by atoms with Crippen molar-refractivity contribution in [2.24, 2.45) is 0 Å². The summed E-state index contributed by atoms with van der Waals surface area (Å²) in [4.78, 5) is 0.312. The highest BCUT2D eigenvalue weighted by atomic mass is 32.2. The lowest BCUT2D eigenvalue weighted by molar-refractivity contribution is 0.412. The van der Waals surface area contributed by atoms with E-state index < -0.39 is 10.0 Å². The first-order valence-electron chi connectivity index (χ1n) is 7.54. The van der Waals surface area contributed by atoms with Gasteiger partial charge in [0.15, 0.2) is 0 Å². The van der Waals surface area contributed by atoms with Gasteiger partial charge in [0.2, 0.25) is 10.0 Å². The number of rotatable bonds is 6. The zero-order valence-electron chi connectivity index (χ0n) is 14.0. The molecule has 0 spiro atoms. The Morgan fingerprint density at radius 3 is 2.30 bits per heavy atom. The van der Waals surface area contributed by atoms with E-state index in [0.29, 0.717) is 17.4 Å². The Morgan fingerprint density at radius 1 is 1.09 bits per heavy atom. The van der Waals surface area contributed by atoms with Crippen LogP contribution in [0.1, 0.15) is 30.9 Å². The Hall–Kier alpha value is -1.85. The summed E-state index contributed by atoms with van der Waals surface area (Å²) in [5, 5.41) is 0. The van der Waals surface area contributed by atoms with E-state index in [-0.39, 0.29) is 0 Å². The Labute approximate surface area is 138 Å². The lowest BCUT2D eigenvalue weighted by atomic mass is 10.0. The predicted molar refractivity (Wildman–Crippen MR) is 92.2 cm³/mol. The Morgan fingerprint density at radius 2 is 1.74 bits per heavy atom. The highest BCUT2D eigenvalue weighted by Gasteiger charge is 2.21. The molecule has 2 aromatic carbocycles. The van der Waals surface area contributed by atoms with Crippen LogP contribution < -0.4 is 4.74 Å². The van der Waals surface area contributed by atoms with Gasteiger partial charge in [-0.25, -0.2) is 8.42 Å². The maximum Gasteiger partial charge on any atom is 0.243 e. The van der Waals surface area contributed by atoms with Crippen LogP contribution in [0.3, 0.4) is 0 Å². The molecule has 5 heteroatoms. The zero-order chi connectivity index (χ0) is 17.0. The highest BCUT2D eigenvalue weighted by Crippen LogP contribution is 2.21. The van der Waals surface area contributed by atoms with Crippen LogP contribution in [-0.4, -0.2) is 26.9 Å². The fourth-order valence-corrected chi connectivity index (χ4v) is 3.48. The van der Waals surface area contributed by atoms with E-state index in [2.05, 4.69) is 13.8 Å². The van der Waals surface area contributed by atoms with Crippen molar-refractivity contribution in [1.82, 2.24) is 4.31 Å². The fourth-order valence-electron chi connectivity index (χ4n) is 2.32. The van der Waals surface area contributed by atoms with E-state index in [4.69, 9.17) is 4.74 Å². The monoisotopic (exact) mass is 333 g/mol. The molecule has 0 aliphatic rings. The maximum atomic E-state index is 12.7. The molecule has 0 N–H and O–H groups in total. The van der Waals surface area contributed by atoms with Crippen molar-refractivity contribution in [1.29, 1.82) is 0 Å². The van der Waals surface area contributed by atoms with Crippen LogP contribution in [0, 0.1) is 0 Å². The van der Waals surface area contributed by atoms with Crippen LogP contribution >= 0.6 is 0 Å². The molecule has 0 saturated heterocycles. The minimum atomic E-state index is -3.51. The molecule has 0 amide bonds. The van der Waals surface area contributed by atoms with Gasteiger partial charge in [-0.1, -0.05) is 38.1 Å². The molecule has 0 bridgehead atoms. The molecule has 124 valence electrons. The molecule has 0 aliphatic carbocycles. The summed E-state index contributed by atoms with van der Waals surface area (Å²) in [5.41, 5.74) is 2.01. The van der Waals surface area contributed by atoms with Gasteiger partial charge in [0, 0.05) is 13.6 Å². The first-order chi connectivity index (χ1) is 10.8. The third-order valence-corrected chi connectivity index (χ3v) is 5.61. The summed E-state index contributed by atoms with van der Waals surface area (Å²) in [7, 11) is -0.325. The molecule has 2 aromatic rings. The number of methoxy groups -OCH3 is 1. The van der Waals surface area contributed by atoms with E-state index >= 15 is 0 Å². The minimum absolute atomic E-state index is 0.297. The van der Waals surface area contributed by atoms with Crippen LogP contribution in [0.5, 0.6) is 5.75 Å². The Balaban J connectivity index is 2.20. The Bertz CT molecular complexity index is 752. The van der Waals surface area contributed by atoms with Gasteiger partial charge in [0.1, 0.15) is 5.75 Å². The summed E-state index contributed by atoms with van der Waals surface area (Å²) >= 11 is 0. The van der Waals surface area contributed by atoms with E-state index in [9.17, 15) is 8.42 Å². The van der Waals surface area contributed by atoms with Gasteiger partial charge >= 0.3 is 0 Å². The number of nitrogens with zero attached hydrogens (tertiary/aromatic N) is 1. The number of benzene rings is 2. The molecule has 0 unspecified atom stereocenters. The predicted octanol–water partition coefficient (Wildman–Crippen LogP) is 3.64. The summed E-state index contributed by atoms with van der Waals surface area (Å²) in [6.45, 7) is 4.46. The third kappa shape index (κ3) is 4.12. The molecule has 2 rings (SSSR count). The molecule has 0 radical (unpaired) electrons. The minimum Gasteiger partial charge on any atom is -0.497 e. The molecule has 0 aromatic heterocycles. The quantitative estimate of drug-likeness (QED) is 0.811. The van der Waals surface area contributed by atoms with Gasteiger partial charge < -0.3 is 4.74 Å². The average Bonchev–Trinajstić information content (AvgIpc) is 2.55. The highest BCUT2D eigenvalue weighted by molar-refractivity contribution is 7.89. The molecule has 0 aliphatic heterocycles. The average molecular weight is 333 g/mol. The second-order valence-corrected chi connectivity index (χ2v) is 7.88. The molecule has 0 atom stereocenters. The molecular formula is C18H23NO3S. The molecule has 0 heterocycles. The summed E-state index contributed by atoms with van der Waals surface area (Å²) in [6.07, 6.45) is 0. The largest absolute Gasteiger partial charge is 0.497 e. The van der Waals surface area contributed by atoms with Gasteiger partial charge in [-0.2, -0.15) is 4.31 Å². The van der Waals surface area contributed by atoms with Crippen LogP contribution in [0.2, 0.25) is 0 Å². The summed E-state index contributed by atoms with van der Waals surface area (Å²) < 4.78 is 31.9. The zero-order valence-corrected chi connectivity index (χ0v) is 14.8. The third-order valence-electron chi connectivity index (χ3n) is 3.79. The van der Waals surface area contributed by atoms with Crippen molar-refractivity contribution in [3.8, 4) is 5.75 Å². The lowest BCUT2D eigenvalue weighted by Crippen LogP contribution is -2.26. The van der Waals surface area contributed by atoms with Gasteiger partial charge in [-0.15, -0.1) is 0 Å². The van der Waals surface area contributed by atoms with Crippen molar-refractivity contribution in [3.05, 3.63) is 59.7 Å². The van der Waals surface area contributed by atoms with E-state index in [1.807, 2.05) is 36.4 Å². The smallest absolute Gasteiger partial charge is 0.243 e. The second-order valence-electron chi connectivity index (χ2n) is 5.84. The molecule has 0 fully saturated rings. The van der Waals surface area contributed by atoms with Crippen LogP contribution in [0.15, 0.2) is 53.4 Å². The number of hydrogen-bond donors (Lipinski definition) is 0. The second kappa shape index (κ2) is 7.15. The van der Waals surface area contributed by atoms with Crippen molar-refractivity contribution in [2.45, 2.75) is 31.2 Å². The SMILES string of the molecule is COc1cccc(CN(C)S(=O)(=O)c2ccc(C(C)C)cc2)c1. The normalized spacial score (nSPS) is 11.9. The molecular weight excluding hydrogens is 310 g/mol. The van der Waals surface area contributed by atoms with Gasteiger partial charge in [-0.05, 0) is 41.3 Å². The fraction of sp³-hybridized carbons (Fsp3) is 0.333. The molecule has 0 saturated carbocycles. The van der Waals surface area contributed by atoms with E-state index in [1.54, 1.807) is 26.3 Å². The topological polar surface area (TPSA) is 46.6 Å². The lowest BCUT2D eigenvalue weighted by Gasteiger charge is -2.18. The molecule has 4 nitrogen and oxygen atoms in total. The number of sulfonamides is 1. The van der Waals surface area contributed by atoms with Crippen LogP contribution in [-0.2, 0) is 16.6 Å². The standard InChI is InChI=1S/C18H23NO3S/c1-14(2)16-8-10-18(11-9-16)23(20,21)19(3)13-15-6-5-7-17(12-15)22-4/h5-12,14H,13H2,1-4H3. The summed E-state index contributed by atoms with van der Waals surface area (Å²) in [6, 6.07) is 14.5. The first kappa shape index (κ1) is 17.5. The van der Waals surface area contributed by atoms with Crippen LogP contribution in [0.25, 0.3) is 0 Å². The van der Waals surface area contributed by atoms with Crippen molar-refractivity contribution < 1.29 is 13.2 Å². The van der Waals surface area contributed by atoms with Gasteiger partial charge in [0.05, 0.1) is 12.0 Å². The van der Waals surface area contributed by atoms with Crippen molar-refractivity contribution >= 4 is 10.0 Å². The molecule has 23 heavy (non-hydrogen) atoms. The first-order valence-corrected chi connectivity index (χ1v) is 8.98. The van der Waals surface area contributed by atoms with Crippen molar-refractivity contribution in [2.75, 3.05) is 14.2 Å². The number of hydrogen-bond acceptors (Lipinski definition) is 3. The van der Waals surface area contributed by atoms with Gasteiger partial charge in [0.25, 0.3) is 0 Å².